The van der Waals surface area contributed by atoms with Gasteiger partial charge in [0.05, 0.1) is 10.4 Å². The highest BCUT2D eigenvalue weighted by molar-refractivity contribution is 7.98. The second-order valence-corrected chi connectivity index (χ2v) is 5.47. The fourth-order valence-electron chi connectivity index (χ4n) is 2.55. The Bertz CT molecular complexity index is 822. The molecule has 2 nitrogen and oxygen atoms in total. The number of hydrogen-bond donors (Lipinski definition) is 0. The SMILES string of the molecule is CSc1c(-c2ccccc2)c2ccccc2n(C)c1=O. The summed E-state index contributed by atoms with van der Waals surface area (Å²) in [7, 11) is 1.83. The molecule has 0 fully saturated rings. The molecule has 20 heavy (non-hydrogen) atoms. The maximum absolute atomic E-state index is 12.6. The molecule has 0 aliphatic rings. The van der Waals surface area contributed by atoms with E-state index in [4.69, 9.17) is 0 Å². The van der Waals surface area contributed by atoms with Crippen molar-refractivity contribution in [3.8, 4) is 11.1 Å². The zero-order chi connectivity index (χ0) is 14.1. The van der Waals surface area contributed by atoms with Crippen LogP contribution in [0.3, 0.4) is 0 Å². The van der Waals surface area contributed by atoms with E-state index >= 15 is 0 Å². The molecule has 2 aromatic carbocycles. The van der Waals surface area contributed by atoms with Crippen LogP contribution in [0.15, 0.2) is 64.3 Å². The summed E-state index contributed by atoms with van der Waals surface area (Å²) in [6.45, 7) is 0. The normalized spacial score (nSPS) is 10.9. The minimum Gasteiger partial charge on any atom is -0.310 e. The van der Waals surface area contributed by atoms with Gasteiger partial charge in [0, 0.05) is 18.0 Å². The van der Waals surface area contributed by atoms with Gasteiger partial charge in [-0.1, -0.05) is 48.5 Å². The summed E-state index contributed by atoms with van der Waals surface area (Å²) in [5.74, 6) is 0. The predicted molar refractivity (Wildman–Crippen MR) is 86.4 cm³/mol. The van der Waals surface area contributed by atoms with Crippen molar-refractivity contribution in [2.45, 2.75) is 4.90 Å². The molecule has 0 aliphatic heterocycles. The van der Waals surface area contributed by atoms with Gasteiger partial charge in [-0.05, 0) is 17.9 Å². The van der Waals surface area contributed by atoms with Crippen molar-refractivity contribution in [3.63, 3.8) is 0 Å². The van der Waals surface area contributed by atoms with Gasteiger partial charge in [-0.15, -0.1) is 11.8 Å². The average molecular weight is 281 g/mol. The molecule has 0 N–H and O–H groups in total. The number of hydrogen-bond acceptors (Lipinski definition) is 2. The molecule has 0 amide bonds. The summed E-state index contributed by atoms with van der Waals surface area (Å²) in [6.07, 6.45) is 1.96. The van der Waals surface area contributed by atoms with Gasteiger partial charge in [0.15, 0.2) is 0 Å². The molecule has 100 valence electrons. The van der Waals surface area contributed by atoms with E-state index in [0.717, 1.165) is 26.9 Å². The van der Waals surface area contributed by atoms with Crippen molar-refractivity contribution in [2.24, 2.45) is 7.05 Å². The van der Waals surface area contributed by atoms with E-state index in [1.807, 2.05) is 49.7 Å². The minimum atomic E-state index is 0.0649. The van der Waals surface area contributed by atoms with E-state index in [0.29, 0.717) is 0 Å². The highest BCUT2D eigenvalue weighted by atomic mass is 32.2. The molecular weight excluding hydrogens is 266 g/mol. The van der Waals surface area contributed by atoms with Crippen LogP contribution in [0.25, 0.3) is 22.0 Å². The van der Waals surface area contributed by atoms with E-state index in [-0.39, 0.29) is 5.56 Å². The quantitative estimate of drug-likeness (QED) is 0.664. The third-order valence-electron chi connectivity index (χ3n) is 3.53. The van der Waals surface area contributed by atoms with Crippen LogP contribution in [0.4, 0.5) is 0 Å². The number of benzene rings is 2. The lowest BCUT2D eigenvalue weighted by Gasteiger charge is -2.14. The lowest BCUT2D eigenvalue weighted by molar-refractivity contribution is 0.878. The van der Waals surface area contributed by atoms with Crippen LogP contribution >= 0.6 is 11.8 Å². The van der Waals surface area contributed by atoms with E-state index in [9.17, 15) is 4.79 Å². The molecule has 0 aliphatic carbocycles. The first-order valence-electron chi connectivity index (χ1n) is 6.45. The van der Waals surface area contributed by atoms with Gasteiger partial charge in [0.2, 0.25) is 0 Å². The van der Waals surface area contributed by atoms with Crippen LogP contribution < -0.4 is 5.56 Å². The Morgan fingerprint density at radius 2 is 1.60 bits per heavy atom. The molecule has 3 heteroatoms. The lowest BCUT2D eigenvalue weighted by atomic mass is 10.0. The topological polar surface area (TPSA) is 22.0 Å². The Hall–Kier alpha value is -2.00. The lowest BCUT2D eigenvalue weighted by Crippen LogP contribution is -2.19. The molecule has 3 rings (SSSR count). The van der Waals surface area contributed by atoms with Crippen LogP contribution in [0.5, 0.6) is 0 Å². The highest BCUT2D eigenvalue weighted by Crippen LogP contribution is 2.33. The molecular formula is C17H15NOS. The van der Waals surface area contributed by atoms with Crippen LogP contribution in [0, 0.1) is 0 Å². The van der Waals surface area contributed by atoms with Gasteiger partial charge in [0.25, 0.3) is 5.56 Å². The van der Waals surface area contributed by atoms with Crippen molar-refractivity contribution in [1.29, 1.82) is 0 Å². The molecule has 0 saturated heterocycles. The van der Waals surface area contributed by atoms with Gasteiger partial charge >= 0.3 is 0 Å². The highest BCUT2D eigenvalue weighted by Gasteiger charge is 2.15. The second kappa shape index (κ2) is 5.17. The summed E-state index contributed by atoms with van der Waals surface area (Å²) < 4.78 is 1.73. The largest absolute Gasteiger partial charge is 0.310 e. The summed E-state index contributed by atoms with van der Waals surface area (Å²) >= 11 is 1.51. The first-order valence-corrected chi connectivity index (χ1v) is 7.67. The Morgan fingerprint density at radius 3 is 2.30 bits per heavy atom. The van der Waals surface area contributed by atoms with Crippen molar-refractivity contribution < 1.29 is 0 Å². The average Bonchev–Trinajstić information content (AvgIpc) is 2.51. The van der Waals surface area contributed by atoms with Crippen LogP contribution in [-0.4, -0.2) is 10.8 Å². The molecule has 1 heterocycles. The smallest absolute Gasteiger partial charge is 0.265 e. The van der Waals surface area contributed by atoms with E-state index in [2.05, 4.69) is 18.2 Å². The Labute approximate surface area is 122 Å². The van der Waals surface area contributed by atoms with E-state index < -0.39 is 0 Å². The van der Waals surface area contributed by atoms with Crippen LogP contribution in [-0.2, 0) is 7.05 Å². The van der Waals surface area contributed by atoms with Crippen molar-refractivity contribution >= 4 is 22.7 Å². The Balaban J connectivity index is 2.52. The molecule has 3 aromatic rings. The predicted octanol–water partition coefficient (Wildman–Crippen LogP) is 3.93. The zero-order valence-electron chi connectivity index (χ0n) is 11.5. The first kappa shape index (κ1) is 13.0. The molecule has 0 radical (unpaired) electrons. The monoisotopic (exact) mass is 281 g/mol. The fraction of sp³-hybridized carbons (Fsp3) is 0.118. The summed E-state index contributed by atoms with van der Waals surface area (Å²) in [6, 6.07) is 18.2. The number of thioether (sulfide) groups is 1. The van der Waals surface area contributed by atoms with Gasteiger partial charge < -0.3 is 4.57 Å². The van der Waals surface area contributed by atoms with Crippen LogP contribution in [0.2, 0.25) is 0 Å². The van der Waals surface area contributed by atoms with Gasteiger partial charge in [-0.3, -0.25) is 4.79 Å². The minimum absolute atomic E-state index is 0.0649. The number of aromatic nitrogens is 1. The molecule has 0 spiro atoms. The fourth-order valence-corrected chi connectivity index (χ4v) is 3.29. The van der Waals surface area contributed by atoms with E-state index in [1.54, 1.807) is 4.57 Å². The van der Waals surface area contributed by atoms with Gasteiger partial charge in [-0.2, -0.15) is 0 Å². The van der Waals surface area contributed by atoms with Gasteiger partial charge in [-0.25, -0.2) is 0 Å². The molecule has 1 aromatic heterocycles. The molecule has 0 atom stereocenters. The maximum Gasteiger partial charge on any atom is 0.265 e. The second-order valence-electron chi connectivity index (χ2n) is 4.66. The number of aryl methyl sites for hydroxylation is 1. The van der Waals surface area contributed by atoms with Crippen molar-refractivity contribution in [1.82, 2.24) is 4.57 Å². The number of nitrogens with zero attached hydrogens (tertiary/aromatic N) is 1. The van der Waals surface area contributed by atoms with Crippen molar-refractivity contribution in [2.75, 3.05) is 6.26 Å². The molecule has 0 unspecified atom stereocenters. The summed E-state index contributed by atoms with van der Waals surface area (Å²) in [4.78, 5) is 13.4. The third kappa shape index (κ3) is 1.95. The Kier molecular flexibility index (Phi) is 3.36. The van der Waals surface area contributed by atoms with Crippen molar-refractivity contribution in [3.05, 3.63) is 65.0 Å². The number of rotatable bonds is 2. The number of pyridine rings is 1. The summed E-state index contributed by atoms with van der Waals surface area (Å²) in [5.41, 5.74) is 3.16. The van der Waals surface area contributed by atoms with Gasteiger partial charge in [0.1, 0.15) is 0 Å². The molecule has 0 bridgehead atoms. The van der Waals surface area contributed by atoms with Crippen LogP contribution in [0.1, 0.15) is 0 Å². The zero-order valence-corrected chi connectivity index (χ0v) is 12.3. The first-order chi connectivity index (χ1) is 9.74. The Morgan fingerprint density at radius 1 is 0.950 bits per heavy atom. The summed E-state index contributed by atoms with van der Waals surface area (Å²) in [5, 5.41) is 1.12. The standard InChI is InChI=1S/C17H15NOS/c1-18-14-11-7-6-10-13(14)15(16(20-2)17(18)19)12-8-4-3-5-9-12/h3-11H,1-2H3. The number of para-hydroxylation sites is 1. The van der Waals surface area contributed by atoms with E-state index in [1.165, 1.54) is 11.8 Å². The maximum atomic E-state index is 12.6. The molecule has 0 saturated carbocycles. The third-order valence-corrected chi connectivity index (χ3v) is 4.31. The number of fused-ring (bicyclic) bond motifs is 1.